The number of aliphatic imine (C=N–C) groups is 2. The second-order valence-corrected chi connectivity index (χ2v) is 5.96. The molecule has 0 aromatic heterocycles. The predicted molar refractivity (Wildman–Crippen MR) is 100 cm³/mol. The fourth-order valence-electron chi connectivity index (χ4n) is 2.68. The molecule has 0 unspecified atom stereocenters. The largest absolute Gasteiger partial charge is 0.269 e. The molecule has 0 aliphatic rings. The van der Waals surface area contributed by atoms with E-state index < -0.39 is 0 Å². The molecule has 0 bridgehead atoms. The summed E-state index contributed by atoms with van der Waals surface area (Å²) in [5.74, 6) is 0. The first kappa shape index (κ1) is 17.3. The van der Waals surface area contributed by atoms with E-state index in [2.05, 4.69) is 9.98 Å². The van der Waals surface area contributed by atoms with Crippen molar-refractivity contribution in [2.24, 2.45) is 9.98 Å². The van der Waals surface area contributed by atoms with Gasteiger partial charge in [0.05, 0.1) is 16.7 Å². The van der Waals surface area contributed by atoms with E-state index in [9.17, 15) is 14.2 Å². The number of nitrogens with zero attached hydrogens (tertiary/aromatic N) is 2. The van der Waals surface area contributed by atoms with E-state index in [-0.39, 0.29) is 8.46 Å². The Morgan fingerprint density at radius 1 is 0.692 bits per heavy atom. The van der Waals surface area contributed by atoms with Gasteiger partial charge in [-0.15, -0.1) is 0 Å². The summed E-state index contributed by atoms with van der Waals surface area (Å²) in [6.07, 6.45) is 3.02. The van der Waals surface area contributed by atoms with Crippen LogP contribution in [0.2, 0.25) is 0 Å². The van der Waals surface area contributed by atoms with Gasteiger partial charge in [0, 0.05) is 5.56 Å². The van der Waals surface area contributed by atoms with Crippen molar-refractivity contribution in [3.8, 4) is 22.3 Å². The Labute approximate surface area is 151 Å². The Morgan fingerprint density at radius 2 is 1.23 bits per heavy atom. The highest BCUT2D eigenvalue weighted by molar-refractivity contribution is 7.34. The van der Waals surface area contributed by atoms with Crippen LogP contribution >= 0.6 is 8.46 Å². The maximum Gasteiger partial charge on any atom is 0.240 e. The zero-order chi connectivity index (χ0) is 18.4. The Kier molecular flexibility index (Phi) is 5.38. The Morgan fingerprint density at radius 3 is 1.73 bits per heavy atom. The van der Waals surface area contributed by atoms with Crippen molar-refractivity contribution in [2.75, 3.05) is 0 Å². The van der Waals surface area contributed by atoms with E-state index in [1.54, 1.807) is 30.3 Å². The molecule has 124 valence electrons. The van der Waals surface area contributed by atoms with Crippen molar-refractivity contribution in [3.05, 3.63) is 66.7 Å². The molecule has 0 radical (unpaired) electrons. The third kappa shape index (κ3) is 3.61. The summed E-state index contributed by atoms with van der Waals surface area (Å²) in [5.41, 5.74) is 4.46. The van der Waals surface area contributed by atoms with Crippen LogP contribution in [0.25, 0.3) is 22.3 Å². The zero-order valence-corrected chi connectivity index (χ0v) is 14.3. The summed E-state index contributed by atoms with van der Waals surface area (Å²) in [4.78, 5) is 27.9. The Hall–Kier alpha value is -3.48. The molecule has 0 aliphatic carbocycles. The molecule has 0 amide bonds. The van der Waals surface area contributed by atoms with Gasteiger partial charge in [0.25, 0.3) is 0 Å². The van der Waals surface area contributed by atoms with E-state index in [4.69, 9.17) is 0 Å². The minimum Gasteiger partial charge on any atom is -0.269 e. The lowest BCUT2D eigenvalue weighted by Gasteiger charge is -2.12. The molecule has 0 spiro atoms. The summed E-state index contributed by atoms with van der Waals surface area (Å²) in [6, 6.07) is 19.7. The number of benzene rings is 3. The van der Waals surface area contributed by atoms with Gasteiger partial charge in [-0.2, -0.15) is 9.98 Å². The van der Waals surface area contributed by atoms with Gasteiger partial charge in [-0.1, -0.05) is 36.4 Å². The number of rotatable bonds is 5. The molecule has 6 heteroatoms. The summed E-state index contributed by atoms with van der Waals surface area (Å²) in [5, 5.41) is 0.643. The first-order chi connectivity index (χ1) is 12.8. The van der Waals surface area contributed by atoms with Crippen molar-refractivity contribution in [3.63, 3.8) is 0 Å². The van der Waals surface area contributed by atoms with Gasteiger partial charge >= 0.3 is 0 Å². The van der Waals surface area contributed by atoms with E-state index in [1.165, 1.54) is 12.2 Å². The van der Waals surface area contributed by atoms with Crippen LogP contribution in [-0.2, 0) is 14.2 Å². The highest BCUT2D eigenvalue weighted by Gasteiger charge is 2.13. The monoisotopic (exact) mass is 358 g/mol. The van der Waals surface area contributed by atoms with Crippen molar-refractivity contribution in [1.82, 2.24) is 0 Å². The molecule has 26 heavy (non-hydrogen) atoms. The molecule has 3 aromatic rings. The lowest BCUT2D eigenvalue weighted by molar-refractivity contribution is 0.564. The Bertz CT molecular complexity index is 1050. The summed E-state index contributed by atoms with van der Waals surface area (Å²) < 4.78 is 11.7. The number of hydrogen-bond donors (Lipinski definition) is 0. The van der Waals surface area contributed by atoms with Crippen molar-refractivity contribution in [1.29, 1.82) is 0 Å². The maximum atomic E-state index is 11.7. The third-order valence-corrected chi connectivity index (χ3v) is 4.39. The molecule has 0 atom stereocenters. The van der Waals surface area contributed by atoms with Crippen LogP contribution < -0.4 is 5.30 Å². The first-order valence-electron chi connectivity index (χ1n) is 7.60. The van der Waals surface area contributed by atoms with Crippen molar-refractivity contribution < 1.29 is 14.2 Å². The topological polar surface area (TPSA) is 75.9 Å². The van der Waals surface area contributed by atoms with Crippen LogP contribution in [-0.4, -0.2) is 12.2 Å². The quantitative estimate of drug-likeness (QED) is 0.371. The van der Waals surface area contributed by atoms with Crippen LogP contribution in [0.5, 0.6) is 0 Å². The normalized spacial score (nSPS) is 10.0. The van der Waals surface area contributed by atoms with Crippen LogP contribution in [0.15, 0.2) is 76.7 Å². The standard InChI is InChI=1S/C20H11N2O3P/c23-12-21-16-8-4-14(5-9-16)18-2-1-3-19(26-25)20(18)15-6-10-17(11-7-15)22-13-24/h1-11H. The van der Waals surface area contributed by atoms with Crippen molar-refractivity contribution >= 4 is 37.3 Å². The number of hydrogen-bond acceptors (Lipinski definition) is 5. The predicted octanol–water partition coefficient (Wildman–Crippen LogP) is 4.87. The number of carbonyl (C=O) groups excluding carboxylic acids is 2. The van der Waals surface area contributed by atoms with Crippen LogP contribution in [0.4, 0.5) is 11.4 Å². The van der Waals surface area contributed by atoms with Gasteiger partial charge < -0.3 is 0 Å². The lowest BCUT2D eigenvalue weighted by Crippen LogP contribution is -2.00. The average Bonchev–Trinajstić information content (AvgIpc) is 2.69. The molecule has 0 saturated carbocycles. The van der Waals surface area contributed by atoms with E-state index in [1.807, 2.05) is 36.4 Å². The molecule has 0 N–H and O–H groups in total. The lowest BCUT2D eigenvalue weighted by atomic mass is 9.94. The zero-order valence-electron chi connectivity index (χ0n) is 13.4. The highest BCUT2D eigenvalue weighted by atomic mass is 31.1. The highest BCUT2D eigenvalue weighted by Crippen LogP contribution is 2.34. The minimum atomic E-state index is -0.0977. The smallest absolute Gasteiger partial charge is 0.240 e. The maximum absolute atomic E-state index is 11.7. The van der Waals surface area contributed by atoms with Gasteiger partial charge in [-0.05, 0) is 47.0 Å². The minimum absolute atomic E-state index is 0.0977. The molecule has 0 heterocycles. The van der Waals surface area contributed by atoms with E-state index >= 15 is 0 Å². The molecular weight excluding hydrogens is 347 g/mol. The molecule has 3 rings (SSSR count). The second-order valence-electron chi connectivity index (χ2n) is 5.29. The van der Waals surface area contributed by atoms with Crippen LogP contribution in [0.1, 0.15) is 0 Å². The molecule has 0 aliphatic heterocycles. The van der Waals surface area contributed by atoms with Gasteiger partial charge in [-0.3, -0.25) is 4.57 Å². The fraction of sp³-hybridized carbons (Fsp3) is 0. The third-order valence-electron chi connectivity index (χ3n) is 3.82. The molecular formula is C20H11N2O3P. The number of isocyanates is 2. The van der Waals surface area contributed by atoms with Crippen molar-refractivity contribution in [2.45, 2.75) is 0 Å². The summed E-state index contributed by atoms with van der Waals surface area (Å²) in [6.45, 7) is 0. The van der Waals surface area contributed by atoms with Gasteiger partial charge in [-0.25, -0.2) is 9.59 Å². The fourth-order valence-corrected chi connectivity index (χ4v) is 3.17. The van der Waals surface area contributed by atoms with E-state index in [0.29, 0.717) is 16.7 Å². The summed E-state index contributed by atoms with van der Waals surface area (Å²) in [7, 11) is -0.0977. The van der Waals surface area contributed by atoms with Gasteiger partial charge in [0.15, 0.2) is 8.46 Å². The average molecular weight is 358 g/mol. The molecule has 0 saturated heterocycles. The van der Waals surface area contributed by atoms with E-state index in [0.717, 1.165) is 22.3 Å². The molecule has 0 fully saturated rings. The Balaban J connectivity index is 2.16. The molecule has 3 aromatic carbocycles. The molecule has 5 nitrogen and oxygen atoms in total. The van der Waals surface area contributed by atoms with Crippen LogP contribution in [0, 0.1) is 0 Å². The SMILES string of the molecule is O=C=Nc1ccc(-c2cccc(P=O)c2-c2ccc(N=C=O)cc2)cc1. The van der Waals surface area contributed by atoms with Crippen LogP contribution in [0.3, 0.4) is 0 Å². The summed E-state index contributed by atoms with van der Waals surface area (Å²) >= 11 is 0. The first-order valence-corrected chi connectivity index (χ1v) is 8.41. The van der Waals surface area contributed by atoms with Gasteiger partial charge in [0.1, 0.15) is 0 Å². The second kappa shape index (κ2) is 8.06. The van der Waals surface area contributed by atoms with Gasteiger partial charge in [0.2, 0.25) is 12.2 Å².